The molecule has 0 aliphatic heterocycles. The first kappa shape index (κ1) is 22.9. The number of pyridine rings is 1. The normalized spacial score (nSPS) is 11.5. The van der Waals surface area contributed by atoms with Gasteiger partial charge in [-0.2, -0.15) is 4.31 Å². The zero-order chi connectivity index (χ0) is 22.9. The van der Waals surface area contributed by atoms with Crippen LogP contribution < -0.4 is 5.32 Å². The molecular weight excluding hydrogens is 430 g/mol. The molecule has 0 amide bonds. The topological polar surface area (TPSA) is 62.3 Å². The Kier molecular flexibility index (Phi) is 7.62. The van der Waals surface area contributed by atoms with Crippen LogP contribution in [-0.2, 0) is 36.2 Å². The fourth-order valence-corrected chi connectivity index (χ4v) is 5.11. The molecule has 1 N–H and O–H groups in total. The summed E-state index contributed by atoms with van der Waals surface area (Å²) in [6.07, 6.45) is 3.56. The molecule has 3 aromatic carbocycles. The van der Waals surface area contributed by atoms with Crippen LogP contribution in [0.15, 0.2) is 114 Å². The standard InChI is InChI=1S/C27H27N3O2S/c31-33(32,27-15-7-13-25(17-27)18-29-20-26-14-8-16-28-19-26)30(21-23-9-3-1-4-10-23)22-24-11-5-2-6-12-24/h1-17,19,29H,18,20-22H2. The molecular formula is C27H27N3O2S. The van der Waals surface area contributed by atoms with Gasteiger partial charge in [-0.15, -0.1) is 0 Å². The predicted octanol–water partition coefficient (Wildman–Crippen LogP) is 4.76. The lowest BCUT2D eigenvalue weighted by atomic mass is 10.2. The van der Waals surface area contributed by atoms with E-state index >= 15 is 0 Å². The maximum atomic E-state index is 13.7. The van der Waals surface area contributed by atoms with Gasteiger partial charge in [-0.25, -0.2) is 8.42 Å². The zero-order valence-electron chi connectivity index (χ0n) is 18.3. The van der Waals surface area contributed by atoms with Gasteiger partial charge in [0.05, 0.1) is 4.90 Å². The van der Waals surface area contributed by atoms with Crippen LogP contribution in [0.1, 0.15) is 22.3 Å². The van der Waals surface area contributed by atoms with E-state index < -0.39 is 10.0 Å². The van der Waals surface area contributed by atoms with Gasteiger partial charge in [0.15, 0.2) is 0 Å². The number of nitrogens with zero attached hydrogens (tertiary/aromatic N) is 2. The van der Waals surface area contributed by atoms with Crippen molar-refractivity contribution in [3.63, 3.8) is 0 Å². The van der Waals surface area contributed by atoms with Gasteiger partial charge >= 0.3 is 0 Å². The van der Waals surface area contributed by atoms with Crippen molar-refractivity contribution in [1.29, 1.82) is 0 Å². The first-order chi connectivity index (χ1) is 16.1. The van der Waals surface area contributed by atoms with E-state index in [0.717, 1.165) is 22.3 Å². The quantitative estimate of drug-likeness (QED) is 0.373. The molecule has 0 fully saturated rings. The van der Waals surface area contributed by atoms with Crippen LogP contribution >= 0.6 is 0 Å². The largest absolute Gasteiger partial charge is 0.309 e. The van der Waals surface area contributed by atoms with Gasteiger partial charge in [-0.1, -0.05) is 78.9 Å². The first-order valence-electron chi connectivity index (χ1n) is 10.9. The minimum absolute atomic E-state index is 0.301. The van der Waals surface area contributed by atoms with Gasteiger partial charge in [0, 0.05) is 38.6 Å². The Labute approximate surface area is 195 Å². The Balaban J connectivity index is 1.54. The number of benzene rings is 3. The van der Waals surface area contributed by atoms with E-state index in [1.807, 2.05) is 85.1 Å². The van der Waals surface area contributed by atoms with Crippen molar-refractivity contribution in [3.8, 4) is 0 Å². The average molecular weight is 458 g/mol. The van der Waals surface area contributed by atoms with Crippen LogP contribution in [0.5, 0.6) is 0 Å². The minimum atomic E-state index is -3.70. The molecule has 6 heteroatoms. The molecule has 33 heavy (non-hydrogen) atoms. The lowest BCUT2D eigenvalue weighted by molar-refractivity contribution is 0.401. The van der Waals surface area contributed by atoms with Crippen molar-refractivity contribution < 1.29 is 8.42 Å². The average Bonchev–Trinajstić information content (AvgIpc) is 2.86. The Morgan fingerprint density at radius 1 is 0.667 bits per heavy atom. The molecule has 1 aromatic heterocycles. The summed E-state index contributed by atoms with van der Waals surface area (Å²) in [6, 6.07) is 30.5. The second-order valence-corrected chi connectivity index (χ2v) is 9.79. The molecule has 0 unspecified atom stereocenters. The van der Waals surface area contributed by atoms with E-state index in [-0.39, 0.29) is 0 Å². The molecule has 0 atom stereocenters. The van der Waals surface area contributed by atoms with Gasteiger partial charge < -0.3 is 5.32 Å². The molecule has 0 spiro atoms. The molecule has 4 aromatic rings. The highest BCUT2D eigenvalue weighted by molar-refractivity contribution is 7.89. The lowest BCUT2D eigenvalue weighted by Gasteiger charge is -2.23. The van der Waals surface area contributed by atoms with Crippen LogP contribution in [-0.4, -0.2) is 17.7 Å². The SMILES string of the molecule is O=S(=O)(c1cccc(CNCc2cccnc2)c1)N(Cc1ccccc1)Cc1ccccc1. The molecule has 0 radical (unpaired) electrons. The molecule has 0 saturated heterocycles. The zero-order valence-corrected chi connectivity index (χ0v) is 19.2. The molecule has 168 valence electrons. The minimum Gasteiger partial charge on any atom is -0.309 e. The van der Waals surface area contributed by atoms with Crippen LogP contribution in [0.3, 0.4) is 0 Å². The Morgan fingerprint density at radius 2 is 1.24 bits per heavy atom. The predicted molar refractivity (Wildman–Crippen MR) is 131 cm³/mol. The summed E-state index contributed by atoms with van der Waals surface area (Å²) in [5, 5.41) is 3.36. The summed E-state index contributed by atoms with van der Waals surface area (Å²) in [6.45, 7) is 1.84. The number of hydrogen-bond acceptors (Lipinski definition) is 4. The fraction of sp³-hybridized carbons (Fsp3) is 0.148. The second-order valence-electron chi connectivity index (χ2n) is 7.86. The highest BCUT2D eigenvalue weighted by Crippen LogP contribution is 2.22. The van der Waals surface area contributed by atoms with E-state index in [1.165, 1.54) is 0 Å². The molecule has 4 rings (SSSR count). The third-order valence-corrected chi connectivity index (χ3v) is 7.11. The van der Waals surface area contributed by atoms with Crippen LogP contribution in [0.4, 0.5) is 0 Å². The van der Waals surface area contributed by atoms with Gasteiger partial charge in [-0.05, 0) is 40.5 Å². The molecule has 1 heterocycles. The van der Waals surface area contributed by atoms with E-state index in [4.69, 9.17) is 0 Å². The van der Waals surface area contributed by atoms with Gasteiger partial charge in [-0.3, -0.25) is 4.98 Å². The third-order valence-electron chi connectivity index (χ3n) is 5.32. The van der Waals surface area contributed by atoms with Crippen molar-refractivity contribution in [3.05, 3.63) is 132 Å². The van der Waals surface area contributed by atoms with Crippen LogP contribution in [0.25, 0.3) is 0 Å². The van der Waals surface area contributed by atoms with E-state index in [0.29, 0.717) is 31.1 Å². The number of hydrogen-bond donors (Lipinski definition) is 1. The Morgan fingerprint density at radius 3 is 1.85 bits per heavy atom. The fourth-order valence-electron chi connectivity index (χ4n) is 3.62. The van der Waals surface area contributed by atoms with Gasteiger partial charge in [0.2, 0.25) is 10.0 Å². The van der Waals surface area contributed by atoms with Crippen molar-refractivity contribution in [1.82, 2.24) is 14.6 Å². The van der Waals surface area contributed by atoms with Crippen LogP contribution in [0.2, 0.25) is 0 Å². The second kappa shape index (κ2) is 11.0. The first-order valence-corrected chi connectivity index (χ1v) is 12.3. The van der Waals surface area contributed by atoms with E-state index in [9.17, 15) is 8.42 Å². The van der Waals surface area contributed by atoms with Gasteiger partial charge in [0.25, 0.3) is 0 Å². The summed E-state index contributed by atoms with van der Waals surface area (Å²) in [4.78, 5) is 4.42. The molecule has 0 aliphatic rings. The number of aromatic nitrogens is 1. The van der Waals surface area contributed by atoms with Crippen LogP contribution in [0, 0.1) is 0 Å². The summed E-state index contributed by atoms with van der Waals surface area (Å²) in [5.41, 5.74) is 3.90. The van der Waals surface area contributed by atoms with E-state index in [2.05, 4.69) is 10.3 Å². The van der Waals surface area contributed by atoms with Crippen molar-refractivity contribution >= 4 is 10.0 Å². The molecule has 5 nitrogen and oxygen atoms in total. The third kappa shape index (κ3) is 6.35. The number of rotatable bonds is 10. The number of sulfonamides is 1. The summed E-state index contributed by atoms with van der Waals surface area (Å²) >= 11 is 0. The monoisotopic (exact) mass is 457 g/mol. The Bertz CT molecular complexity index is 1210. The molecule has 0 aliphatic carbocycles. The maximum absolute atomic E-state index is 13.7. The summed E-state index contributed by atoms with van der Waals surface area (Å²) in [5.74, 6) is 0. The summed E-state index contributed by atoms with van der Waals surface area (Å²) < 4.78 is 28.9. The smallest absolute Gasteiger partial charge is 0.243 e. The lowest BCUT2D eigenvalue weighted by Crippen LogP contribution is -2.30. The van der Waals surface area contributed by atoms with Crippen molar-refractivity contribution in [2.75, 3.05) is 0 Å². The summed E-state index contributed by atoms with van der Waals surface area (Å²) in [7, 11) is -3.70. The molecule has 0 bridgehead atoms. The number of nitrogens with one attached hydrogen (secondary N) is 1. The van der Waals surface area contributed by atoms with E-state index in [1.54, 1.807) is 28.7 Å². The van der Waals surface area contributed by atoms with Gasteiger partial charge in [0.1, 0.15) is 0 Å². The highest BCUT2D eigenvalue weighted by Gasteiger charge is 2.25. The van der Waals surface area contributed by atoms with Crippen molar-refractivity contribution in [2.24, 2.45) is 0 Å². The highest BCUT2D eigenvalue weighted by atomic mass is 32.2. The maximum Gasteiger partial charge on any atom is 0.243 e. The van der Waals surface area contributed by atoms with Crippen molar-refractivity contribution in [2.45, 2.75) is 31.1 Å². The molecule has 0 saturated carbocycles. The Hall–Kier alpha value is -3.32.